The van der Waals surface area contributed by atoms with Gasteiger partial charge in [0, 0.05) is 30.4 Å². The first-order chi connectivity index (χ1) is 10.3. The molecule has 0 aliphatic heterocycles. The molecule has 3 heterocycles. The van der Waals surface area contributed by atoms with Crippen LogP contribution < -0.4 is 5.32 Å². The lowest BCUT2D eigenvalue weighted by atomic mass is 10.4. The Morgan fingerprint density at radius 1 is 1.38 bits per heavy atom. The Bertz CT molecular complexity index is 678. The van der Waals surface area contributed by atoms with Gasteiger partial charge in [0.2, 0.25) is 5.13 Å². The van der Waals surface area contributed by atoms with Gasteiger partial charge in [0.15, 0.2) is 10.8 Å². The molecule has 0 saturated heterocycles. The monoisotopic (exact) mass is 322 g/mol. The van der Waals surface area contributed by atoms with Gasteiger partial charge in [-0.3, -0.25) is 0 Å². The quantitative estimate of drug-likeness (QED) is 0.721. The minimum Gasteiger partial charge on any atom is -0.462 e. The maximum absolute atomic E-state index is 5.33. The second-order valence-electron chi connectivity index (χ2n) is 4.23. The lowest BCUT2D eigenvalue weighted by molar-refractivity contribution is 0.201. The highest BCUT2D eigenvalue weighted by atomic mass is 32.1. The number of thiazole rings is 1. The summed E-state index contributed by atoms with van der Waals surface area (Å²) in [5.41, 5.74) is 0.958. The molecule has 0 bridgehead atoms. The van der Waals surface area contributed by atoms with Gasteiger partial charge in [-0.2, -0.15) is 4.37 Å². The summed E-state index contributed by atoms with van der Waals surface area (Å²) in [6, 6.07) is 3.76. The molecule has 3 aromatic heterocycles. The normalized spacial score (nSPS) is 10.9. The van der Waals surface area contributed by atoms with Crippen molar-refractivity contribution < 1.29 is 9.15 Å². The first-order valence-electron chi connectivity index (χ1n) is 6.39. The molecule has 110 valence electrons. The van der Waals surface area contributed by atoms with Gasteiger partial charge in [-0.1, -0.05) is 0 Å². The summed E-state index contributed by atoms with van der Waals surface area (Å²) in [6.45, 7) is 1.25. The number of furan rings is 1. The van der Waals surface area contributed by atoms with E-state index in [1.165, 1.54) is 11.5 Å². The van der Waals surface area contributed by atoms with Crippen molar-refractivity contribution in [2.75, 3.05) is 19.0 Å². The summed E-state index contributed by atoms with van der Waals surface area (Å²) in [5, 5.41) is 6.93. The average molecular weight is 322 g/mol. The summed E-state index contributed by atoms with van der Waals surface area (Å²) in [6.07, 6.45) is 2.38. The highest BCUT2D eigenvalue weighted by Gasteiger charge is 2.08. The Balaban J connectivity index is 1.56. The zero-order valence-corrected chi connectivity index (χ0v) is 13.0. The van der Waals surface area contributed by atoms with E-state index in [0.717, 1.165) is 33.8 Å². The van der Waals surface area contributed by atoms with Gasteiger partial charge in [-0.25, -0.2) is 9.97 Å². The molecule has 21 heavy (non-hydrogen) atoms. The third-order valence-electron chi connectivity index (χ3n) is 2.70. The van der Waals surface area contributed by atoms with Crippen molar-refractivity contribution in [2.24, 2.45) is 0 Å². The van der Waals surface area contributed by atoms with E-state index in [4.69, 9.17) is 9.15 Å². The summed E-state index contributed by atoms with van der Waals surface area (Å²) >= 11 is 2.92. The maximum atomic E-state index is 5.33. The van der Waals surface area contributed by atoms with Gasteiger partial charge in [-0.15, -0.1) is 11.3 Å². The van der Waals surface area contributed by atoms with Crippen LogP contribution in [0.25, 0.3) is 10.8 Å². The zero-order chi connectivity index (χ0) is 14.5. The lowest BCUT2D eigenvalue weighted by Gasteiger charge is -1.97. The number of methoxy groups -OCH3 is 1. The van der Waals surface area contributed by atoms with Crippen LogP contribution in [0.4, 0.5) is 5.13 Å². The number of rotatable bonds is 7. The van der Waals surface area contributed by atoms with Gasteiger partial charge in [0.25, 0.3) is 0 Å². The molecule has 0 saturated carbocycles. The lowest BCUT2D eigenvalue weighted by Crippen LogP contribution is -2.00. The molecule has 6 nitrogen and oxygen atoms in total. The number of nitrogens with zero attached hydrogens (tertiary/aromatic N) is 3. The van der Waals surface area contributed by atoms with Crippen LogP contribution in [0.3, 0.4) is 0 Å². The molecule has 3 rings (SSSR count). The number of hydrogen-bond acceptors (Lipinski definition) is 8. The highest BCUT2D eigenvalue weighted by molar-refractivity contribution is 7.13. The number of ether oxygens (including phenoxy) is 1. The number of aromatic nitrogens is 3. The second kappa shape index (κ2) is 6.79. The molecule has 0 aromatic carbocycles. The van der Waals surface area contributed by atoms with Gasteiger partial charge in [0.05, 0.1) is 25.1 Å². The van der Waals surface area contributed by atoms with E-state index in [9.17, 15) is 0 Å². The zero-order valence-electron chi connectivity index (χ0n) is 11.4. The number of anilines is 1. The van der Waals surface area contributed by atoms with Crippen LogP contribution in [-0.2, 0) is 17.7 Å². The number of hydrogen-bond donors (Lipinski definition) is 1. The van der Waals surface area contributed by atoms with Gasteiger partial charge < -0.3 is 14.5 Å². The standard InChI is InChI=1S/C13H14N4O2S2/c1-18-6-4-11-16-13(21-17-11)14-7-9-8-20-12(15-9)10-3-2-5-19-10/h2-3,5,8H,4,6-7H2,1H3,(H,14,16,17). The Hall–Kier alpha value is -1.77. The van der Waals surface area contributed by atoms with E-state index in [1.807, 2.05) is 17.5 Å². The molecule has 0 aliphatic rings. The molecular formula is C13H14N4O2S2. The van der Waals surface area contributed by atoms with E-state index in [2.05, 4.69) is 19.7 Å². The average Bonchev–Trinajstić information content (AvgIpc) is 3.22. The smallest absolute Gasteiger partial charge is 0.202 e. The van der Waals surface area contributed by atoms with Crippen LogP contribution in [-0.4, -0.2) is 28.1 Å². The number of nitrogens with one attached hydrogen (secondary N) is 1. The third-order valence-corrected chi connectivity index (χ3v) is 4.32. The molecule has 8 heteroatoms. The Labute approximate surface area is 130 Å². The predicted molar refractivity (Wildman–Crippen MR) is 82.6 cm³/mol. The van der Waals surface area contributed by atoms with Crippen molar-refractivity contribution in [1.29, 1.82) is 0 Å². The predicted octanol–water partition coefficient (Wildman–Crippen LogP) is 3.06. The van der Waals surface area contributed by atoms with Crippen LogP contribution in [0.1, 0.15) is 11.5 Å². The van der Waals surface area contributed by atoms with Crippen molar-refractivity contribution >= 4 is 28.0 Å². The first kappa shape index (κ1) is 14.2. The van der Waals surface area contributed by atoms with E-state index >= 15 is 0 Å². The van der Waals surface area contributed by atoms with E-state index < -0.39 is 0 Å². The summed E-state index contributed by atoms with van der Waals surface area (Å²) < 4.78 is 14.6. The minimum absolute atomic E-state index is 0.621. The molecule has 0 spiro atoms. The Morgan fingerprint density at radius 2 is 2.33 bits per heavy atom. The third kappa shape index (κ3) is 3.66. The van der Waals surface area contributed by atoms with E-state index in [-0.39, 0.29) is 0 Å². The fourth-order valence-electron chi connectivity index (χ4n) is 1.69. The van der Waals surface area contributed by atoms with Gasteiger partial charge in [0.1, 0.15) is 5.82 Å². The second-order valence-corrected chi connectivity index (χ2v) is 5.84. The summed E-state index contributed by atoms with van der Waals surface area (Å²) in [7, 11) is 1.67. The van der Waals surface area contributed by atoms with Crippen LogP contribution in [0, 0.1) is 0 Å². The first-order valence-corrected chi connectivity index (χ1v) is 8.04. The molecule has 0 fully saturated rings. The van der Waals surface area contributed by atoms with Crippen molar-refractivity contribution in [3.63, 3.8) is 0 Å². The van der Waals surface area contributed by atoms with Crippen molar-refractivity contribution in [3.05, 3.63) is 35.3 Å². The van der Waals surface area contributed by atoms with Crippen LogP contribution in [0.5, 0.6) is 0 Å². The largest absolute Gasteiger partial charge is 0.462 e. The van der Waals surface area contributed by atoms with Gasteiger partial charge in [-0.05, 0) is 12.1 Å². The van der Waals surface area contributed by atoms with Crippen molar-refractivity contribution in [2.45, 2.75) is 13.0 Å². The highest BCUT2D eigenvalue weighted by Crippen LogP contribution is 2.24. The fraction of sp³-hybridized carbons (Fsp3) is 0.308. The van der Waals surface area contributed by atoms with E-state index in [0.29, 0.717) is 13.2 Å². The van der Waals surface area contributed by atoms with Crippen molar-refractivity contribution in [3.8, 4) is 10.8 Å². The van der Waals surface area contributed by atoms with E-state index in [1.54, 1.807) is 24.7 Å². The molecule has 3 aromatic rings. The Kier molecular flexibility index (Phi) is 4.59. The minimum atomic E-state index is 0.621. The summed E-state index contributed by atoms with van der Waals surface area (Å²) in [5.74, 6) is 1.60. The Morgan fingerprint density at radius 3 is 3.14 bits per heavy atom. The molecule has 0 radical (unpaired) electrons. The molecular weight excluding hydrogens is 308 g/mol. The van der Waals surface area contributed by atoms with Crippen molar-refractivity contribution in [1.82, 2.24) is 14.3 Å². The molecule has 0 atom stereocenters. The molecule has 0 unspecified atom stereocenters. The maximum Gasteiger partial charge on any atom is 0.202 e. The SMILES string of the molecule is COCCc1nsc(NCc2csc(-c3ccco3)n2)n1. The van der Waals surface area contributed by atoms with Crippen LogP contribution in [0.15, 0.2) is 28.2 Å². The molecule has 0 amide bonds. The summed E-state index contributed by atoms with van der Waals surface area (Å²) in [4.78, 5) is 8.92. The van der Waals surface area contributed by atoms with Gasteiger partial charge >= 0.3 is 0 Å². The fourth-order valence-corrected chi connectivity index (χ4v) is 3.08. The van der Waals surface area contributed by atoms with Crippen LogP contribution in [0.2, 0.25) is 0 Å². The topological polar surface area (TPSA) is 73.1 Å². The van der Waals surface area contributed by atoms with Crippen LogP contribution >= 0.6 is 22.9 Å². The molecule has 1 N–H and O–H groups in total. The molecule has 0 aliphatic carbocycles.